The summed E-state index contributed by atoms with van der Waals surface area (Å²) >= 11 is 0. The third-order valence-corrected chi connectivity index (χ3v) is 4.87. The molecule has 1 aromatic carbocycles. The van der Waals surface area contributed by atoms with Crippen LogP contribution < -0.4 is 10.6 Å². The highest BCUT2D eigenvalue weighted by atomic mass is 19.3. The zero-order valence-corrected chi connectivity index (χ0v) is 14.5. The van der Waals surface area contributed by atoms with Crippen LogP contribution in [0.15, 0.2) is 42.6 Å². The fraction of sp³-hybridized carbons (Fsp3) is 0.316. The summed E-state index contributed by atoms with van der Waals surface area (Å²) < 4.78 is 29.5. The van der Waals surface area contributed by atoms with Gasteiger partial charge in [-0.3, -0.25) is 4.98 Å². The van der Waals surface area contributed by atoms with Crippen molar-refractivity contribution in [3.05, 3.63) is 53.9 Å². The van der Waals surface area contributed by atoms with Crippen LogP contribution in [0.2, 0.25) is 0 Å². The quantitative estimate of drug-likeness (QED) is 0.768. The van der Waals surface area contributed by atoms with E-state index in [1.807, 2.05) is 39.8 Å². The largest absolute Gasteiger partial charge is 0.340 e. The van der Waals surface area contributed by atoms with Crippen LogP contribution >= 0.6 is 0 Å². The number of para-hydroxylation sites is 2. The molecule has 0 radical (unpaired) electrons. The van der Waals surface area contributed by atoms with Crippen LogP contribution in [0.4, 0.5) is 14.7 Å². The molecule has 0 spiro atoms. The third-order valence-electron chi connectivity index (χ3n) is 4.87. The first-order valence-corrected chi connectivity index (χ1v) is 8.66. The van der Waals surface area contributed by atoms with Gasteiger partial charge >= 0.3 is 0 Å². The molecule has 27 heavy (non-hydrogen) atoms. The number of hydrogen-bond acceptors (Lipinski definition) is 5. The maximum atomic E-state index is 13.8. The second-order valence-electron chi connectivity index (χ2n) is 6.70. The van der Waals surface area contributed by atoms with Gasteiger partial charge in [0.25, 0.3) is 5.92 Å². The molecule has 8 heteroatoms. The average molecular weight is 368 g/mol. The molecule has 1 aliphatic heterocycles. The Labute approximate surface area is 154 Å². The molecule has 2 N–H and O–H groups in total. The number of nitrogens with zero attached hydrogens (tertiary/aromatic N) is 5. The summed E-state index contributed by atoms with van der Waals surface area (Å²) in [5, 5.41) is 8.92. The Hall–Kier alpha value is -3.05. The lowest BCUT2D eigenvalue weighted by molar-refractivity contribution is -0.0395. The minimum atomic E-state index is -2.86. The van der Waals surface area contributed by atoms with Gasteiger partial charge in [-0.15, -0.1) is 0 Å². The number of alkyl halides is 2. The molecule has 0 aliphatic carbocycles. The van der Waals surface area contributed by atoms with E-state index in [4.69, 9.17) is 11.0 Å². The van der Waals surface area contributed by atoms with Crippen molar-refractivity contribution in [2.45, 2.75) is 24.9 Å². The van der Waals surface area contributed by atoms with Gasteiger partial charge in [-0.1, -0.05) is 12.1 Å². The second-order valence-corrected chi connectivity index (χ2v) is 6.70. The van der Waals surface area contributed by atoms with E-state index in [9.17, 15) is 8.78 Å². The van der Waals surface area contributed by atoms with E-state index >= 15 is 0 Å². The van der Waals surface area contributed by atoms with Crippen LogP contribution in [0.1, 0.15) is 17.7 Å². The zero-order chi connectivity index (χ0) is 19.0. The maximum Gasteiger partial charge on any atom is 0.266 e. The van der Waals surface area contributed by atoms with Gasteiger partial charge in [0.1, 0.15) is 6.07 Å². The molecule has 4 rings (SSSR count). The van der Waals surface area contributed by atoms with Crippen LogP contribution in [-0.4, -0.2) is 39.6 Å². The summed E-state index contributed by atoms with van der Waals surface area (Å²) in [5.74, 6) is -2.25. The summed E-state index contributed by atoms with van der Waals surface area (Å²) in [6, 6.07) is 11.9. The third kappa shape index (κ3) is 3.22. The topological polar surface area (TPSA) is 83.8 Å². The zero-order valence-electron chi connectivity index (χ0n) is 14.5. The van der Waals surface area contributed by atoms with Crippen LogP contribution in [0.3, 0.4) is 0 Å². The average Bonchev–Trinajstić information content (AvgIpc) is 3.03. The van der Waals surface area contributed by atoms with Crippen molar-refractivity contribution in [2.24, 2.45) is 5.73 Å². The Balaban J connectivity index is 1.72. The molecule has 6 nitrogen and oxygen atoms in total. The summed E-state index contributed by atoms with van der Waals surface area (Å²) in [6.07, 6.45) is 1.22. The molecule has 1 aliphatic rings. The monoisotopic (exact) mass is 368 g/mol. The molecular formula is C19H18F2N6. The molecule has 138 valence electrons. The van der Waals surface area contributed by atoms with Crippen molar-refractivity contribution in [3.63, 3.8) is 0 Å². The number of pyridine rings is 1. The highest BCUT2D eigenvalue weighted by Gasteiger charge is 2.42. The van der Waals surface area contributed by atoms with Gasteiger partial charge in [0, 0.05) is 25.7 Å². The Kier molecular flexibility index (Phi) is 4.24. The van der Waals surface area contributed by atoms with Crippen LogP contribution in [-0.2, 0) is 6.54 Å². The van der Waals surface area contributed by atoms with E-state index in [1.54, 1.807) is 12.1 Å². The van der Waals surface area contributed by atoms with Gasteiger partial charge in [-0.05, 0) is 24.3 Å². The van der Waals surface area contributed by atoms with Crippen molar-refractivity contribution < 1.29 is 8.78 Å². The standard InChI is InChI=1S/C19H18F2N6/c20-19(21)7-8-26(12-17(19)23)18-25-15-3-1-2-4-16(15)27(18)11-14-6-5-13(9-22)10-24-14/h1-6,10,17H,7-8,11-12,23H2. The molecule has 1 atom stereocenters. The summed E-state index contributed by atoms with van der Waals surface area (Å²) in [6.45, 7) is 0.644. The van der Waals surface area contributed by atoms with E-state index in [-0.39, 0.29) is 19.5 Å². The van der Waals surface area contributed by atoms with Crippen molar-refractivity contribution in [1.82, 2.24) is 14.5 Å². The SMILES string of the molecule is N#Cc1ccc(Cn2c(N3CCC(F)(F)C(N)C3)nc3ccccc32)nc1. The normalized spacial score (nSPS) is 19.2. The minimum absolute atomic E-state index is 0.0388. The van der Waals surface area contributed by atoms with Gasteiger partial charge in [0.15, 0.2) is 0 Å². The van der Waals surface area contributed by atoms with E-state index in [1.165, 1.54) is 6.20 Å². The number of benzene rings is 1. The number of aromatic nitrogens is 3. The lowest BCUT2D eigenvalue weighted by Crippen LogP contribution is -2.55. The highest BCUT2D eigenvalue weighted by Crippen LogP contribution is 2.31. The first-order chi connectivity index (χ1) is 13.0. The van der Waals surface area contributed by atoms with Gasteiger partial charge in [-0.25, -0.2) is 13.8 Å². The van der Waals surface area contributed by atoms with Crippen molar-refractivity contribution in [1.29, 1.82) is 5.26 Å². The van der Waals surface area contributed by atoms with E-state index in [0.29, 0.717) is 18.1 Å². The minimum Gasteiger partial charge on any atom is -0.340 e. The van der Waals surface area contributed by atoms with Gasteiger partial charge < -0.3 is 15.2 Å². The Morgan fingerprint density at radius 2 is 2.07 bits per heavy atom. The van der Waals surface area contributed by atoms with E-state index in [2.05, 4.69) is 9.97 Å². The molecule has 2 aromatic heterocycles. The molecule has 1 fully saturated rings. The van der Waals surface area contributed by atoms with Crippen LogP contribution in [0.25, 0.3) is 11.0 Å². The number of hydrogen-bond donors (Lipinski definition) is 1. The molecule has 0 amide bonds. The molecule has 3 aromatic rings. The fourth-order valence-electron chi connectivity index (χ4n) is 3.32. The number of nitriles is 1. The number of imidazole rings is 1. The molecule has 1 saturated heterocycles. The Morgan fingerprint density at radius 1 is 1.26 bits per heavy atom. The lowest BCUT2D eigenvalue weighted by atomic mass is 10.0. The van der Waals surface area contributed by atoms with Gasteiger partial charge in [0.2, 0.25) is 5.95 Å². The second kappa shape index (κ2) is 6.59. The van der Waals surface area contributed by atoms with Gasteiger partial charge in [-0.2, -0.15) is 5.26 Å². The van der Waals surface area contributed by atoms with Crippen molar-refractivity contribution >= 4 is 17.0 Å². The highest BCUT2D eigenvalue weighted by molar-refractivity contribution is 5.79. The maximum absolute atomic E-state index is 13.8. The molecule has 0 saturated carbocycles. The van der Waals surface area contributed by atoms with Crippen molar-refractivity contribution in [3.8, 4) is 6.07 Å². The molecule has 3 heterocycles. The van der Waals surface area contributed by atoms with Crippen molar-refractivity contribution in [2.75, 3.05) is 18.0 Å². The first kappa shape index (κ1) is 17.4. The predicted molar refractivity (Wildman–Crippen MR) is 97.5 cm³/mol. The van der Waals surface area contributed by atoms with E-state index in [0.717, 1.165) is 16.7 Å². The number of rotatable bonds is 3. The van der Waals surface area contributed by atoms with Crippen LogP contribution in [0, 0.1) is 11.3 Å². The fourth-order valence-corrected chi connectivity index (χ4v) is 3.32. The van der Waals surface area contributed by atoms with Gasteiger partial charge in [0.05, 0.1) is 34.9 Å². The number of nitrogens with two attached hydrogens (primary N) is 1. The smallest absolute Gasteiger partial charge is 0.266 e. The van der Waals surface area contributed by atoms with E-state index < -0.39 is 12.0 Å². The summed E-state index contributed by atoms with van der Waals surface area (Å²) in [4.78, 5) is 10.8. The number of fused-ring (bicyclic) bond motifs is 1. The lowest BCUT2D eigenvalue weighted by Gasteiger charge is -2.37. The number of piperidine rings is 1. The molecule has 0 bridgehead atoms. The van der Waals surface area contributed by atoms with Crippen LogP contribution in [0.5, 0.6) is 0 Å². The number of halogens is 2. The number of anilines is 1. The molecule has 1 unspecified atom stereocenters. The Bertz CT molecular complexity index is 1010. The summed E-state index contributed by atoms with van der Waals surface area (Å²) in [7, 11) is 0. The molecular weight excluding hydrogens is 350 g/mol. The first-order valence-electron chi connectivity index (χ1n) is 8.66. The summed E-state index contributed by atoms with van der Waals surface area (Å²) in [5.41, 5.74) is 8.61. The predicted octanol–water partition coefficient (Wildman–Crippen LogP) is 2.52. The Morgan fingerprint density at radius 3 is 2.78 bits per heavy atom.